The Bertz CT molecular complexity index is 242. The molecular formula is C8H12N2O. The zero-order valence-electron chi connectivity index (χ0n) is 6.71. The third kappa shape index (κ3) is 1.04. The monoisotopic (exact) mass is 152 g/mol. The Morgan fingerprint density at radius 3 is 3.18 bits per heavy atom. The maximum absolute atomic E-state index is 10.9. The molecule has 2 aliphatic heterocycles. The average Bonchev–Trinajstić information content (AvgIpc) is 2.31. The van der Waals surface area contributed by atoms with E-state index < -0.39 is 0 Å². The molecule has 0 N–H and O–H groups in total. The minimum Gasteiger partial charge on any atom is -0.857 e. The van der Waals surface area contributed by atoms with E-state index in [1.807, 2.05) is 4.68 Å². The molecule has 0 aromatic heterocycles. The largest absolute Gasteiger partial charge is 0.857 e. The number of hydrogen-bond acceptors (Lipinski definition) is 2. The summed E-state index contributed by atoms with van der Waals surface area (Å²) in [7, 11) is 0. The summed E-state index contributed by atoms with van der Waals surface area (Å²) in [6, 6.07) is 0.399. The van der Waals surface area contributed by atoms with E-state index in [0.717, 1.165) is 12.8 Å². The molecule has 0 saturated carbocycles. The van der Waals surface area contributed by atoms with Crippen molar-refractivity contribution in [2.45, 2.75) is 38.6 Å². The number of rotatable bonds is 0. The van der Waals surface area contributed by atoms with Crippen LogP contribution in [0.5, 0.6) is 0 Å². The van der Waals surface area contributed by atoms with E-state index in [1.165, 1.54) is 12.1 Å². The number of hydrogen-bond donors (Lipinski definition) is 0. The van der Waals surface area contributed by atoms with Crippen LogP contribution in [0.2, 0.25) is 0 Å². The molecule has 1 unspecified atom stereocenters. The number of nitrogens with zero attached hydrogens (tertiary/aromatic N) is 2. The summed E-state index contributed by atoms with van der Waals surface area (Å²) in [5.74, 6) is 0.0521. The van der Waals surface area contributed by atoms with Crippen molar-refractivity contribution in [3.05, 3.63) is 0 Å². The first-order valence-corrected chi connectivity index (χ1v) is 4.13. The molecule has 1 atom stereocenters. The molecule has 0 radical (unpaired) electrons. The van der Waals surface area contributed by atoms with E-state index in [-0.39, 0.29) is 5.90 Å². The standard InChI is InChI=1S/C8H12N2O/c1-6-3-2-4-7-5-8(11)9-10(6)7/h7H,2-5H2,1H3. The van der Waals surface area contributed by atoms with Gasteiger partial charge in [0.05, 0.1) is 0 Å². The molecule has 0 aliphatic carbocycles. The van der Waals surface area contributed by atoms with Crippen LogP contribution in [0.25, 0.3) is 0 Å². The Morgan fingerprint density at radius 2 is 2.45 bits per heavy atom. The van der Waals surface area contributed by atoms with Crippen LogP contribution in [0, 0.1) is 0 Å². The molecule has 60 valence electrons. The first-order valence-electron chi connectivity index (χ1n) is 4.13. The zero-order chi connectivity index (χ0) is 7.84. The van der Waals surface area contributed by atoms with E-state index >= 15 is 0 Å². The van der Waals surface area contributed by atoms with Gasteiger partial charge in [-0.3, -0.25) is 0 Å². The molecule has 0 aromatic carbocycles. The van der Waals surface area contributed by atoms with Crippen molar-refractivity contribution in [1.82, 2.24) is 0 Å². The molecule has 3 nitrogen and oxygen atoms in total. The van der Waals surface area contributed by atoms with E-state index in [2.05, 4.69) is 12.0 Å². The minimum atomic E-state index is 0.0521. The molecule has 0 amide bonds. The summed E-state index contributed by atoms with van der Waals surface area (Å²) in [4.78, 5) is 0. The summed E-state index contributed by atoms with van der Waals surface area (Å²) in [5.41, 5.74) is 1.26. The maximum atomic E-state index is 10.9. The minimum absolute atomic E-state index is 0.0521. The van der Waals surface area contributed by atoms with E-state index in [0.29, 0.717) is 12.5 Å². The number of hydrazone groups is 1. The molecule has 2 rings (SSSR count). The molecule has 0 aromatic rings. The third-order valence-electron chi connectivity index (χ3n) is 2.44. The smallest absolute Gasteiger partial charge is 0.188 e. The topological polar surface area (TPSA) is 38.4 Å². The molecule has 0 fully saturated rings. The lowest BCUT2D eigenvalue weighted by molar-refractivity contribution is -0.568. The second-order valence-corrected chi connectivity index (χ2v) is 3.32. The van der Waals surface area contributed by atoms with Crippen molar-refractivity contribution in [1.29, 1.82) is 0 Å². The van der Waals surface area contributed by atoms with Gasteiger partial charge in [-0.15, -0.1) is 0 Å². The second-order valence-electron chi connectivity index (χ2n) is 3.32. The Morgan fingerprint density at radius 1 is 1.64 bits per heavy atom. The highest BCUT2D eigenvalue weighted by atomic mass is 16.3. The summed E-state index contributed by atoms with van der Waals surface area (Å²) in [6.45, 7) is 2.06. The average molecular weight is 152 g/mol. The van der Waals surface area contributed by atoms with E-state index in [4.69, 9.17) is 0 Å². The van der Waals surface area contributed by atoms with Gasteiger partial charge in [0.2, 0.25) is 0 Å². The molecule has 2 heterocycles. The summed E-state index contributed by atoms with van der Waals surface area (Å²) in [5, 5.41) is 14.9. The van der Waals surface area contributed by atoms with Gasteiger partial charge in [-0.2, -0.15) is 0 Å². The van der Waals surface area contributed by atoms with Gasteiger partial charge in [0.15, 0.2) is 11.8 Å². The maximum Gasteiger partial charge on any atom is 0.188 e. The van der Waals surface area contributed by atoms with Gasteiger partial charge < -0.3 is 5.11 Å². The fourth-order valence-electron chi connectivity index (χ4n) is 1.86. The molecule has 0 spiro atoms. The van der Waals surface area contributed by atoms with Gasteiger partial charge in [0.25, 0.3) is 0 Å². The lowest BCUT2D eigenvalue weighted by atomic mass is 10.0. The highest BCUT2D eigenvalue weighted by molar-refractivity contribution is 5.79. The normalized spacial score (nSPS) is 30.3. The van der Waals surface area contributed by atoms with Gasteiger partial charge in [-0.25, -0.2) is 0 Å². The van der Waals surface area contributed by atoms with Gasteiger partial charge in [0, 0.05) is 32.1 Å². The van der Waals surface area contributed by atoms with Crippen LogP contribution in [0.4, 0.5) is 0 Å². The van der Waals surface area contributed by atoms with Gasteiger partial charge in [0.1, 0.15) is 0 Å². The van der Waals surface area contributed by atoms with E-state index in [9.17, 15) is 5.11 Å². The molecule has 0 saturated heterocycles. The predicted octanol–water partition coefficient (Wildman–Crippen LogP) is 0.0898. The SMILES string of the molecule is CC1=[N+]2N=C([O-])CC2CCC1. The number of fused-ring (bicyclic) bond motifs is 1. The van der Waals surface area contributed by atoms with Crippen LogP contribution in [0.3, 0.4) is 0 Å². The quantitative estimate of drug-likeness (QED) is 0.453. The van der Waals surface area contributed by atoms with Crippen molar-refractivity contribution in [3.63, 3.8) is 0 Å². The Balaban J connectivity index is 2.33. The second kappa shape index (κ2) is 2.32. The van der Waals surface area contributed by atoms with Gasteiger partial charge in [-0.05, 0) is 11.5 Å². The molecule has 2 aliphatic rings. The molecular weight excluding hydrogens is 140 g/mol. The van der Waals surface area contributed by atoms with Gasteiger partial charge >= 0.3 is 0 Å². The Hall–Kier alpha value is -0.860. The van der Waals surface area contributed by atoms with Crippen LogP contribution in [-0.4, -0.2) is 22.3 Å². The molecule has 0 bridgehead atoms. The van der Waals surface area contributed by atoms with Crippen molar-refractivity contribution in [3.8, 4) is 0 Å². The first-order chi connectivity index (χ1) is 5.27. The molecule has 11 heavy (non-hydrogen) atoms. The van der Waals surface area contributed by atoms with Crippen molar-refractivity contribution < 1.29 is 9.79 Å². The lowest BCUT2D eigenvalue weighted by Crippen LogP contribution is -2.27. The summed E-state index contributed by atoms with van der Waals surface area (Å²) >= 11 is 0. The van der Waals surface area contributed by atoms with Crippen LogP contribution < -0.4 is 5.11 Å². The van der Waals surface area contributed by atoms with Crippen molar-refractivity contribution >= 4 is 11.6 Å². The highest BCUT2D eigenvalue weighted by Gasteiger charge is 2.32. The van der Waals surface area contributed by atoms with Crippen LogP contribution in [-0.2, 0) is 0 Å². The lowest BCUT2D eigenvalue weighted by Gasteiger charge is -2.11. The summed E-state index contributed by atoms with van der Waals surface area (Å²) < 4.78 is 1.92. The van der Waals surface area contributed by atoms with Gasteiger partial charge in [-0.1, -0.05) is 4.68 Å². The van der Waals surface area contributed by atoms with E-state index in [1.54, 1.807) is 0 Å². The van der Waals surface area contributed by atoms with Crippen molar-refractivity contribution in [2.75, 3.05) is 0 Å². The predicted molar refractivity (Wildman–Crippen MR) is 40.6 cm³/mol. The van der Waals surface area contributed by atoms with Crippen LogP contribution in [0.1, 0.15) is 32.6 Å². The highest BCUT2D eigenvalue weighted by Crippen LogP contribution is 2.20. The fraction of sp³-hybridized carbons (Fsp3) is 0.750. The van der Waals surface area contributed by atoms with Crippen molar-refractivity contribution in [2.24, 2.45) is 5.10 Å². The van der Waals surface area contributed by atoms with Crippen LogP contribution >= 0.6 is 0 Å². The fourth-order valence-corrected chi connectivity index (χ4v) is 1.86. The third-order valence-corrected chi connectivity index (χ3v) is 2.44. The van der Waals surface area contributed by atoms with Crippen LogP contribution in [0.15, 0.2) is 5.10 Å². The zero-order valence-corrected chi connectivity index (χ0v) is 6.71. The summed E-state index contributed by atoms with van der Waals surface area (Å²) in [6.07, 6.45) is 4.09. The Labute approximate surface area is 66.0 Å². The molecule has 3 heteroatoms. The first kappa shape index (κ1) is 6.83. The Kier molecular flexibility index (Phi) is 1.44.